The minimum atomic E-state index is -3.41. The van der Waals surface area contributed by atoms with E-state index in [0.29, 0.717) is 13.0 Å². The van der Waals surface area contributed by atoms with E-state index in [9.17, 15) is 13.2 Å². The van der Waals surface area contributed by atoms with Crippen LogP contribution in [0.5, 0.6) is 0 Å². The Morgan fingerprint density at radius 1 is 1.38 bits per heavy atom. The smallest absolute Gasteiger partial charge is 0.320 e. The van der Waals surface area contributed by atoms with Crippen LogP contribution in [0.25, 0.3) is 0 Å². The van der Waals surface area contributed by atoms with Gasteiger partial charge in [-0.2, -0.15) is 0 Å². The van der Waals surface area contributed by atoms with Crippen LogP contribution in [0.15, 0.2) is 0 Å². The number of hydrogen-bond acceptors (Lipinski definition) is 5. The van der Waals surface area contributed by atoms with Gasteiger partial charge >= 0.3 is 5.97 Å². The minimum Gasteiger partial charge on any atom is -0.468 e. The molecule has 16 heavy (non-hydrogen) atoms. The number of hydrogen-bond donors (Lipinski definition) is 1. The summed E-state index contributed by atoms with van der Waals surface area (Å²) in [6.45, 7) is 0.366. The molecule has 1 rings (SSSR count). The maximum atomic E-state index is 12.0. The zero-order valence-corrected chi connectivity index (χ0v) is 10.3. The molecule has 0 heterocycles. The van der Waals surface area contributed by atoms with E-state index in [0.717, 1.165) is 19.3 Å². The van der Waals surface area contributed by atoms with Crippen LogP contribution >= 0.6 is 0 Å². The molecule has 2 atom stereocenters. The lowest BCUT2D eigenvalue weighted by atomic mass is 9.89. The molecule has 2 unspecified atom stereocenters. The summed E-state index contributed by atoms with van der Waals surface area (Å²) in [6, 6.07) is 0. The van der Waals surface area contributed by atoms with Crippen molar-refractivity contribution in [3.8, 4) is 0 Å². The van der Waals surface area contributed by atoms with Crippen LogP contribution in [0, 0.1) is 5.92 Å². The predicted octanol–water partition coefficient (Wildman–Crippen LogP) is 0.0917. The van der Waals surface area contributed by atoms with E-state index >= 15 is 0 Å². The summed E-state index contributed by atoms with van der Waals surface area (Å²) in [5.41, 5.74) is 5.57. The summed E-state index contributed by atoms with van der Waals surface area (Å²) >= 11 is 0. The molecule has 1 saturated carbocycles. The molecule has 0 bridgehead atoms. The molecule has 2 N–H and O–H groups in total. The van der Waals surface area contributed by atoms with Gasteiger partial charge in [-0.05, 0) is 25.3 Å². The fourth-order valence-electron chi connectivity index (χ4n) is 2.25. The Morgan fingerprint density at radius 2 is 2.00 bits per heavy atom. The Labute approximate surface area is 96.3 Å². The third-order valence-electron chi connectivity index (χ3n) is 3.15. The highest BCUT2D eigenvalue weighted by Gasteiger charge is 2.36. The lowest BCUT2D eigenvalue weighted by Crippen LogP contribution is -2.39. The average molecular weight is 249 g/mol. The molecule has 0 aromatic rings. The molecule has 1 aliphatic carbocycles. The van der Waals surface area contributed by atoms with Crippen LogP contribution in [-0.4, -0.2) is 39.0 Å². The van der Waals surface area contributed by atoms with Crippen LogP contribution in [0.4, 0.5) is 0 Å². The number of methoxy groups -OCH3 is 1. The Kier molecular flexibility index (Phi) is 4.73. The molecule has 94 valence electrons. The normalized spacial score (nSPS) is 26.4. The van der Waals surface area contributed by atoms with Gasteiger partial charge in [0.25, 0.3) is 0 Å². The fourth-order valence-corrected chi connectivity index (χ4v) is 4.27. The summed E-state index contributed by atoms with van der Waals surface area (Å²) < 4.78 is 28.3. The van der Waals surface area contributed by atoms with E-state index < -0.39 is 26.8 Å². The maximum Gasteiger partial charge on any atom is 0.320 e. The lowest BCUT2D eigenvalue weighted by molar-refractivity contribution is -0.137. The van der Waals surface area contributed by atoms with Crippen molar-refractivity contribution in [2.45, 2.75) is 30.9 Å². The third-order valence-corrected chi connectivity index (χ3v) is 5.33. The number of carbonyl (C=O) groups excluding carboxylic acids is 1. The van der Waals surface area contributed by atoms with E-state index in [1.807, 2.05) is 0 Å². The number of carbonyl (C=O) groups is 1. The second-order valence-electron chi connectivity index (χ2n) is 4.20. The molecule has 0 radical (unpaired) electrons. The van der Waals surface area contributed by atoms with Gasteiger partial charge in [0, 0.05) is 0 Å². The van der Waals surface area contributed by atoms with Crippen molar-refractivity contribution >= 4 is 15.8 Å². The van der Waals surface area contributed by atoms with E-state index in [4.69, 9.17) is 5.73 Å². The molecule has 0 spiro atoms. The van der Waals surface area contributed by atoms with Crippen molar-refractivity contribution < 1.29 is 17.9 Å². The van der Waals surface area contributed by atoms with Gasteiger partial charge in [0.1, 0.15) is 5.75 Å². The first-order valence-electron chi connectivity index (χ1n) is 5.49. The summed E-state index contributed by atoms with van der Waals surface area (Å²) in [5, 5.41) is -0.467. The highest BCUT2D eigenvalue weighted by Crippen LogP contribution is 2.29. The zero-order valence-electron chi connectivity index (χ0n) is 9.52. The van der Waals surface area contributed by atoms with Crippen LogP contribution in [0.3, 0.4) is 0 Å². The van der Waals surface area contributed by atoms with Gasteiger partial charge in [0.15, 0.2) is 9.84 Å². The first kappa shape index (κ1) is 13.4. The Balaban J connectivity index is 2.76. The molecule has 0 amide bonds. The first-order chi connectivity index (χ1) is 7.51. The molecule has 0 aliphatic heterocycles. The number of nitrogens with two attached hydrogens (primary N) is 1. The molecule has 0 aromatic carbocycles. The van der Waals surface area contributed by atoms with Crippen LogP contribution in [0.1, 0.15) is 25.7 Å². The largest absolute Gasteiger partial charge is 0.468 e. The fraction of sp³-hybridized carbons (Fsp3) is 0.900. The Bertz CT molecular complexity index is 339. The van der Waals surface area contributed by atoms with Crippen molar-refractivity contribution in [3.05, 3.63) is 0 Å². The van der Waals surface area contributed by atoms with Gasteiger partial charge in [-0.25, -0.2) is 8.42 Å². The maximum absolute atomic E-state index is 12.0. The first-order valence-corrected chi connectivity index (χ1v) is 7.21. The van der Waals surface area contributed by atoms with Gasteiger partial charge in [-0.15, -0.1) is 0 Å². The molecule has 0 saturated heterocycles. The number of rotatable bonds is 4. The monoisotopic (exact) mass is 249 g/mol. The molecule has 0 aromatic heterocycles. The highest BCUT2D eigenvalue weighted by atomic mass is 32.2. The quantitative estimate of drug-likeness (QED) is 0.714. The second-order valence-corrected chi connectivity index (χ2v) is 6.42. The molecule has 5 nitrogen and oxygen atoms in total. The van der Waals surface area contributed by atoms with Gasteiger partial charge in [0.05, 0.1) is 12.4 Å². The van der Waals surface area contributed by atoms with Crippen molar-refractivity contribution in [1.29, 1.82) is 0 Å². The van der Waals surface area contributed by atoms with E-state index in [1.165, 1.54) is 7.11 Å². The molecular formula is C10H19NO4S. The summed E-state index contributed by atoms with van der Waals surface area (Å²) in [7, 11) is -2.22. The van der Waals surface area contributed by atoms with Crippen LogP contribution in [-0.2, 0) is 19.4 Å². The van der Waals surface area contributed by atoms with Crippen molar-refractivity contribution in [2.75, 3.05) is 19.4 Å². The highest BCUT2D eigenvalue weighted by molar-refractivity contribution is 7.92. The lowest BCUT2D eigenvalue weighted by Gasteiger charge is -2.29. The molecule has 6 heteroatoms. The summed E-state index contributed by atoms with van der Waals surface area (Å²) in [4.78, 5) is 11.0. The standard InChI is InChI=1S/C10H19NO4S/c1-15-10(12)7-16(13,14)9-5-3-2-4-8(9)6-11/h8-9H,2-7,11H2,1H3. The summed E-state index contributed by atoms with van der Waals surface area (Å²) in [5.74, 6) is -1.23. The molecule has 1 aliphatic rings. The zero-order chi connectivity index (χ0) is 12.2. The number of sulfone groups is 1. The number of esters is 1. The van der Waals surface area contributed by atoms with Gasteiger partial charge in [-0.3, -0.25) is 4.79 Å². The Hall–Kier alpha value is -0.620. The minimum absolute atomic E-state index is 0.0107. The third kappa shape index (κ3) is 3.18. The van der Waals surface area contributed by atoms with Crippen molar-refractivity contribution in [1.82, 2.24) is 0 Å². The predicted molar refractivity (Wildman–Crippen MR) is 60.6 cm³/mol. The summed E-state index contributed by atoms with van der Waals surface area (Å²) in [6.07, 6.45) is 3.36. The van der Waals surface area contributed by atoms with Crippen molar-refractivity contribution in [2.24, 2.45) is 11.7 Å². The van der Waals surface area contributed by atoms with E-state index in [-0.39, 0.29) is 5.92 Å². The van der Waals surface area contributed by atoms with Crippen molar-refractivity contribution in [3.63, 3.8) is 0 Å². The van der Waals surface area contributed by atoms with Gasteiger partial charge < -0.3 is 10.5 Å². The SMILES string of the molecule is COC(=O)CS(=O)(=O)C1CCCCC1CN. The van der Waals surface area contributed by atoms with E-state index in [2.05, 4.69) is 4.74 Å². The second kappa shape index (κ2) is 5.63. The van der Waals surface area contributed by atoms with E-state index in [1.54, 1.807) is 0 Å². The van der Waals surface area contributed by atoms with Crippen LogP contribution in [0.2, 0.25) is 0 Å². The molecule has 1 fully saturated rings. The molecular weight excluding hydrogens is 230 g/mol. The van der Waals surface area contributed by atoms with Crippen LogP contribution < -0.4 is 5.73 Å². The Morgan fingerprint density at radius 3 is 2.56 bits per heavy atom. The topological polar surface area (TPSA) is 86.5 Å². The van der Waals surface area contributed by atoms with Gasteiger partial charge in [0.2, 0.25) is 0 Å². The number of ether oxygens (including phenoxy) is 1. The van der Waals surface area contributed by atoms with Gasteiger partial charge in [-0.1, -0.05) is 12.8 Å². The average Bonchev–Trinajstić information content (AvgIpc) is 2.28.